The fourth-order valence-electron chi connectivity index (χ4n) is 3.42. The molecule has 31 heavy (non-hydrogen) atoms. The molecule has 0 spiro atoms. The Hall–Kier alpha value is -2.87. The number of rotatable bonds is 6. The molecule has 1 aromatic heterocycles. The molecule has 1 N–H and O–H groups in total. The fourth-order valence-corrected chi connectivity index (χ4v) is 3.65. The Morgan fingerprint density at radius 1 is 1.10 bits per heavy atom. The van der Waals surface area contributed by atoms with Gasteiger partial charge in [-0.2, -0.15) is 0 Å². The first-order chi connectivity index (χ1) is 14.9. The minimum Gasteiger partial charge on any atom is -0.352 e. The van der Waals surface area contributed by atoms with Crippen LogP contribution < -0.4 is 10.2 Å². The number of nitrogens with zero attached hydrogens (tertiary/aromatic N) is 5. The van der Waals surface area contributed by atoms with Crippen molar-refractivity contribution in [3.8, 4) is 11.3 Å². The Morgan fingerprint density at radius 3 is 2.39 bits per heavy atom. The molecule has 1 aliphatic heterocycles. The lowest BCUT2D eigenvalue weighted by Crippen LogP contribution is -2.53. The highest BCUT2D eigenvalue weighted by atomic mass is 35.5. The van der Waals surface area contributed by atoms with Gasteiger partial charge in [-0.05, 0) is 39.0 Å². The molecular formula is C22H29ClN6O2. The van der Waals surface area contributed by atoms with Crippen molar-refractivity contribution in [2.45, 2.75) is 26.8 Å². The average Bonchev–Trinajstić information content (AvgIpc) is 2.77. The van der Waals surface area contributed by atoms with Crippen LogP contribution in [0.2, 0.25) is 5.02 Å². The molecule has 0 radical (unpaired) electrons. The third-order valence-electron chi connectivity index (χ3n) is 5.16. The van der Waals surface area contributed by atoms with Gasteiger partial charge in [0.1, 0.15) is 6.54 Å². The Kier molecular flexibility index (Phi) is 7.68. The fraction of sp³-hybridized carbons (Fsp3) is 0.455. The van der Waals surface area contributed by atoms with Crippen molar-refractivity contribution in [2.75, 3.05) is 44.2 Å². The molecule has 1 aliphatic rings. The van der Waals surface area contributed by atoms with E-state index in [0.29, 0.717) is 37.7 Å². The van der Waals surface area contributed by atoms with Gasteiger partial charge in [0.2, 0.25) is 5.91 Å². The van der Waals surface area contributed by atoms with E-state index >= 15 is 0 Å². The van der Waals surface area contributed by atoms with Gasteiger partial charge in [0.25, 0.3) is 0 Å². The monoisotopic (exact) mass is 444 g/mol. The molecule has 0 saturated carbocycles. The molecule has 1 aromatic carbocycles. The van der Waals surface area contributed by atoms with Gasteiger partial charge in [-0.25, -0.2) is 4.79 Å². The van der Waals surface area contributed by atoms with Gasteiger partial charge in [-0.1, -0.05) is 29.8 Å². The number of urea groups is 1. The van der Waals surface area contributed by atoms with E-state index in [-0.39, 0.29) is 24.5 Å². The molecule has 2 heterocycles. The molecule has 2 aromatic rings. The highest BCUT2D eigenvalue weighted by Crippen LogP contribution is 2.26. The number of benzene rings is 1. The zero-order valence-electron chi connectivity index (χ0n) is 18.2. The number of amides is 3. The number of hydrogen-bond acceptors (Lipinski definition) is 5. The molecule has 1 saturated heterocycles. The molecule has 0 unspecified atom stereocenters. The van der Waals surface area contributed by atoms with Crippen LogP contribution in [-0.2, 0) is 4.79 Å². The van der Waals surface area contributed by atoms with Gasteiger partial charge in [-0.3, -0.25) is 4.79 Å². The van der Waals surface area contributed by atoms with Gasteiger partial charge in [0, 0.05) is 44.3 Å². The standard InChI is InChI=1S/C22H29ClN6O2/c1-4-27(22(31)24-16(2)3)15-21(30)29-13-11-28(12-14-29)20-10-9-19(25-26-20)17-7-5-6-8-18(17)23/h5-10,16H,4,11-15H2,1-3H3,(H,24,31). The second kappa shape index (κ2) is 10.4. The quantitative estimate of drug-likeness (QED) is 0.740. The molecule has 8 nitrogen and oxygen atoms in total. The predicted molar refractivity (Wildman–Crippen MR) is 122 cm³/mol. The minimum atomic E-state index is -0.210. The Morgan fingerprint density at radius 2 is 1.81 bits per heavy atom. The minimum absolute atomic E-state index is 0.0330. The summed E-state index contributed by atoms with van der Waals surface area (Å²) in [7, 11) is 0. The van der Waals surface area contributed by atoms with E-state index in [0.717, 1.165) is 17.1 Å². The Bertz CT molecular complexity index is 897. The summed E-state index contributed by atoms with van der Waals surface area (Å²) in [4.78, 5) is 30.3. The number of carbonyl (C=O) groups is 2. The summed E-state index contributed by atoms with van der Waals surface area (Å²) in [6, 6.07) is 11.2. The van der Waals surface area contributed by atoms with E-state index in [1.165, 1.54) is 4.90 Å². The van der Waals surface area contributed by atoms with E-state index < -0.39 is 0 Å². The number of halogens is 1. The van der Waals surface area contributed by atoms with Crippen LogP contribution in [0.15, 0.2) is 36.4 Å². The lowest BCUT2D eigenvalue weighted by Gasteiger charge is -2.36. The third-order valence-corrected chi connectivity index (χ3v) is 5.49. The number of anilines is 1. The molecule has 166 valence electrons. The topological polar surface area (TPSA) is 81.7 Å². The molecule has 9 heteroatoms. The molecule has 0 atom stereocenters. The molecular weight excluding hydrogens is 416 g/mol. The van der Waals surface area contributed by atoms with Crippen molar-refractivity contribution in [3.63, 3.8) is 0 Å². The van der Waals surface area contributed by atoms with Crippen molar-refractivity contribution >= 4 is 29.4 Å². The molecule has 3 rings (SSSR count). The van der Waals surface area contributed by atoms with Gasteiger partial charge in [-0.15, -0.1) is 10.2 Å². The normalized spacial score (nSPS) is 14.0. The van der Waals surface area contributed by atoms with Crippen LogP contribution >= 0.6 is 11.6 Å². The molecule has 0 aliphatic carbocycles. The average molecular weight is 445 g/mol. The van der Waals surface area contributed by atoms with Crippen LogP contribution in [0.5, 0.6) is 0 Å². The highest BCUT2D eigenvalue weighted by molar-refractivity contribution is 6.33. The summed E-state index contributed by atoms with van der Waals surface area (Å²) < 4.78 is 0. The highest BCUT2D eigenvalue weighted by Gasteiger charge is 2.25. The van der Waals surface area contributed by atoms with Crippen LogP contribution in [0.25, 0.3) is 11.3 Å². The number of aromatic nitrogens is 2. The zero-order chi connectivity index (χ0) is 22.4. The predicted octanol–water partition coefficient (Wildman–Crippen LogP) is 2.89. The van der Waals surface area contributed by atoms with E-state index in [9.17, 15) is 9.59 Å². The number of piperazine rings is 1. The second-order valence-corrected chi connectivity index (χ2v) is 8.15. The first-order valence-electron chi connectivity index (χ1n) is 10.6. The number of likely N-dealkylation sites (N-methyl/N-ethyl adjacent to an activating group) is 1. The smallest absolute Gasteiger partial charge is 0.318 e. The van der Waals surface area contributed by atoms with Crippen molar-refractivity contribution < 1.29 is 9.59 Å². The van der Waals surface area contributed by atoms with Crippen LogP contribution in [0, 0.1) is 0 Å². The molecule has 1 fully saturated rings. The van der Waals surface area contributed by atoms with Gasteiger partial charge in [0.05, 0.1) is 10.7 Å². The van der Waals surface area contributed by atoms with E-state index in [2.05, 4.69) is 20.4 Å². The van der Waals surface area contributed by atoms with E-state index in [1.807, 2.05) is 57.2 Å². The molecule has 3 amide bonds. The maximum atomic E-state index is 12.7. The van der Waals surface area contributed by atoms with Crippen LogP contribution in [0.1, 0.15) is 20.8 Å². The second-order valence-electron chi connectivity index (χ2n) is 7.74. The Balaban J connectivity index is 1.55. The van der Waals surface area contributed by atoms with E-state index in [1.54, 1.807) is 4.90 Å². The summed E-state index contributed by atoms with van der Waals surface area (Å²) in [6.07, 6.45) is 0. The summed E-state index contributed by atoms with van der Waals surface area (Å²) in [5.74, 6) is 0.731. The van der Waals surface area contributed by atoms with Crippen molar-refractivity contribution in [2.24, 2.45) is 0 Å². The lowest BCUT2D eigenvalue weighted by molar-refractivity contribution is -0.132. The summed E-state index contributed by atoms with van der Waals surface area (Å²) >= 11 is 6.24. The van der Waals surface area contributed by atoms with Gasteiger partial charge < -0.3 is 20.0 Å². The van der Waals surface area contributed by atoms with Crippen molar-refractivity contribution in [1.82, 2.24) is 25.3 Å². The summed E-state index contributed by atoms with van der Waals surface area (Å²) in [6.45, 7) is 8.72. The maximum Gasteiger partial charge on any atom is 0.318 e. The SMILES string of the molecule is CCN(CC(=O)N1CCN(c2ccc(-c3ccccc3Cl)nn2)CC1)C(=O)NC(C)C. The Labute approximate surface area is 188 Å². The van der Waals surface area contributed by atoms with E-state index in [4.69, 9.17) is 11.6 Å². The van der Waals surface area contributed by atoms with Crippen molar-refractivity contribution in [3.05, 3.63) is 41.4 Å². The first-order valence-corrected chi connectivity index (χ1v) is 10.9. The van der Waals surface area contributed by atoms with Crippen molar-refractivity contribution in [1.29, 1.82) is 0 Å². The number of nitrogens with one attached hydrogen (secondary N) is 1. The third kappa shape index (κ3) is 5.85. The number of carbonyl (C=O) groups excluding carboxylic acids is 2. The lowest BCUT2D eigenvalue weighted by atomic mass is 10.1. The van der Waals surface area contributed by atoms with Gasteiger partial charge >= 0.3 is 6.03 Å². The van der Waals surface area contributed by atoms with Crippen LogP contribution in [0.3, 0.4) is 0 Å². The largest absolute Gasteiger partial charge is 0.352 e. The van der Waals surface area contributed by atoms with Crippen LogP contribution in [0.4, 0.5) is 10.6 Å². The van der Waals surface area contributed by atoms with Crippen LogP contribution in [-0.4, -0.2) is 77.2 Å². The summed E-state index contributed by atoms with van der Waals surface area (Å²) in [5.41, 5.74) is 1.57. The first kappa shape index (κ1) is 22.8. The zero-order valence-corrected chi connectivity index (χ0v) is 19.0. The van der Waals surface area contributed by atoms with Gasteiger partial charge in [0.15, 0.2) is 5.82 Å². The maximum absolute atomic E-state index is 12.7. The molecule has 0 bridgehead atoms. The number of hydrogen-bond donors (Lipinski definition) is 1. The summed E-state index contributed by atoms with van der Waals surface area (Å²) in [5, 5.41) is 12.2.